The quantitative estimate of drug-likeness (QED) is 0.268. The summed E-state index contributed by atoms with van der Waals surface area (Å²) in [6, 6.07) is 3.18. The molecular formula is C23H28Cl3N7O2. The summed E-state index contributed by atoms with van der Waals surface area (Å²) < 4.78 is 1.96. The van der Waals surface area contributed by atoms with Crippen molar-refractivity contribution in [1.82, 2.24) is 19.5 Å². The van der Waals surface area contributed by atoms with Crippen LogP contribution in [0.2, 0.25) is 15.1 Å². The number of rotatable bonds is 10. The van der Waals surface area contributed by atoms with Crippen LogP contribution in [0.4, 0.5) is 17.6 Å². The van der Waals surface area contributed by atoms with Gasteiger partial charge in [0.25, 0.3) is 0 Å². The highest BCUT2D eigenvalue weighted by Crippen LogP contribution is 2.38. The fraction of sp³-hybridized carbons (Fsp3) is 0.478. The molecule has 0 aliphatic heterocycles. The summed E-state index contributed by atoms with van der Waals surface area (Å²) in [5, 5.41) is 17.5. The van der Waals surface area contributed by atoms with Crippen LogP contribution in [0, 0.1) is 0 Å². The van der Waals surface area contributed by atoms with Gasteiger partial charge in [0.1, 0.15) is 5.52 Å². The number of aromatic nitrogens is 4. The van der Waals surface area contributed by atoms with Crippen molar-refractivity contribution in [3.05, 3.63) is 33.4 Å². The smallest absolute Gasteiger partial charge is 0.224 e. The summed E-state index contributed by atoms with van der Waals surface area (Å²) in [5.41, 5.74) is 7.11. The Bertz CT molecular complexity index is 1200. The number of aliphatic hydroxyl groups is 1. The molecule has 0 unspecified atom stereocenters. The highest BCUT2D eigenvalue weighted by Gasteiger charge is 2.25. The average Bonchev–Trinajstić information content (AvgIpc) is 3.36. The minimum Gasteiger partial charge on any atom is -0.393 e. The summed E-state index contributed by atoms with van der Waals surface area (Å²) >= 11 is 18.9. The first-order chi connectivity index (χ1) is 16.7. The molecule has 0 bridgehead atoms. The number of hydrogen-bond donors (Lipinski definition) is 4. The molecule has 3 atom stereocenters. The maximum atomic E-state index is 11.6. The molecule has 1 aromatic carbocycles. The number of carbonyl (C=O) groups is 1. The van der Waals surface area contributed by atoms with E-state index in [0.29, 0.717) is 56.7 Å². The van der Waals surface area contributed by atoms with Crippen molar-refractivity contribution in [1.29, 1.82) is 0 Å². The molecule has 5 N–H and O–H groups in total. The number of imidazole rings is 1. The molecule has 188 valence electrons. The van der Waals surface area contributed by atoms with Crippen molar-refractivity contribution in [3.63, 3.8) is 0 Å². The summed E-state index contributed by atoms with van der Waals surface area (Å²) in [5.74, 6) is 0.555. The lowest BCUT2D eigenvalue weighted by molar-refractivity contribution is -0.118. The van der Waals surface area contributed by atoms with Gasteiger partial charge in [0.05, 0.1) is 28.0 Å². The Kier molecular flexibility index (Phi) is 8.21. The fourth-order valence-electron chi connectivity index (χ4n) is 4.48. The van der Waals surface area contributed by atoms with Crippen LogP contribution in [0.1, 0.15) is 57.9 Å². The molecule has 35 heavy (non-hydrogen) atoms. The molecule has 1 aliphatic rings. The van der Waals surface area contributed by atoms with Crippen LogP contribution in [0.25, 0.3) is 11.2 Å². The minimum atomic E-state index is -0.370. The number of carbonyl (C=O) groups excluding carboxylic acids is 1. The maximum Gasteiger partial charge on any atom is 0.224 e. The van der Waals surface area contributed by atoms with Gasteiger partial charge in [0, 0.05) is 23.5 Å². The lowest BCUT2D eigenvalue weighted by Gasteiger charge is -2.22. The van der Waals surface area contributed by atoms with Crippen LogP contribution < -0.4 is 16.4 Å². The predicted molar refractivity (Wildman–Crippen MR) is 140 cm³/mol. The Labute approximate surface area is 218 Å². The summed E-state index contributed by atoms with van der Waals surface area (Å²) in [4.78, 5) is 25.5. The molecule has 1 aliphatic carbocycles. The number of nitrogens with one attached hydrogen (secondary N) is 2. The van der Waals surface area contributed by atoms with Crippen molar-refractivity contribution >= 4 is 69.5 Å². The molecule has 4 rings (SSSR count). The van der Waals surface area contributed by atoms with Crippen molar-refractivity contribution in [2.45, 2.75) is 70.1 Å². The first kappa shape index (κ1) is 25.8. The number of halogens is 3. The Morgan fingerprint density at radius 2 is 1.97 bits per heavy atom. The van der Waals surface area contributed by atoms with Gasteiger partial charge in [-0.1, -0.05) is 48.1 Å². The number of nitrogens with zero attached hydrogens (tertiary/aromatic N) is 4. The van der Waals surface area contributed by atoms with Crippen LogP contribution in [0.3, 0.4) is 0 Å². The maximum absolute atomic E-state index is 11.6. The molecule has 1 amide bonds. The van der Waals surface area contributed by atoms with Gasteiger partial charge in [0.2, 0.25) is 17.8 Å². The molecule has 0 radical (unpaired) electrons. The highest BCUT2D eigenvalue weighted by molar-refractivity contribution is 6.41. The zero-order valence-corrected chi connectivity index (χ0v) is 21.5. The van der Waals surface area contributed by atoms with Crippen molar-refractivity contribution in [2.24, 2.45) is 5.73 Å². The Hall–Kier alpha value is -2.33. The number of nitrogens with two attached hydrogens (primary N) is 1. The molecule has 3 aromatic rings. The fourth-order valence-corrected chi connectivity index (χ4v) is 5.40. The Morgan fingerprint density at radius 3 is 2.60 bits per heavy atom. The van der Waals surface area contributed by atoms with Gasteiger partial charge in [-0.15, -0.1) is 0 Å². The third-order valence-electron chi connectivity index (χ3n) is 6.13. The van der Waals surface area contributed by atoms with E-state index in [1.165, 1.54) is 0 Å². The molecule has 1 saturated carbocycles. The van der Waals surface area contributed by atoms with Crippen LogP contribution >= 0.6 is 34.8 Å². The van der Waals surface area contributed by atoms with Gasteiger partial charge in [-0.2, -0.15) is 4.98 Å². The summed E-state index contributed by atoms with van der Waals surface area (Å²) in [6.07, 6.45) is 5.99. The first-order valence-electron chi connectivity index (χ1n) is 11.6. The van der Waals surface area contributed by atoms with Gasteiger partial charge in [-0.05, 0) is 44.2 Å². The van der Waals surface area contributed by atoms with Crippen molar-refractivity contribution < 1.29 is 9.90 Å². The normalized spacial score (nSPS) is 18.7. The summed E-state index contributed by atoms with van der Waals surface area (Å²) in [6.45, 7) is 2.07. The molecule has 0 saturated heterocycles. The molecule has 2 aromatic heterocycles. The second-order valence-electron chi connectivity index (χ2n) is 8.83. The summed E-state index contributed by atoms with van der Waals surface area (Å²) in [7, 11) is 0. The molecular weight excluding hydrogens is 513 g/mol. The van der Waals surface area contributed by atoms with Crippen LogP contribution in [-0.2, 0) is 4.79 Å². The minimum absolute atomic E-state index is 0.101. The van der Waals surface area contributed by atoms with E-state index in [-0.39, 0.29) is 30.5 Å². The molecule has 2 heterocycles. The van der Waals surface area contributed by atoms with Gasteiger partial charge >= 0.3 is 0 Å². The van der Waals surface area contributed by atoms with Gasteiger partial charge in [-0.3, -0.25) is 9.36 Å². The number of hydrogen-bond acceptors (Lipinski definition) is 7. The number of primary amides is 1. The molecule has 9 nitrogen and oxygen atoms in total. The van der Waals surface area contributed by atoms with E-state index in [9.17, 15) is 9.90 Å². The SMILES string of the molecule is CCC[C@H](CCC(N)=O)n1c(Nc2c(Cl)cc(Cl)cc2Cl)nc2cnc(N[C@@H]3CC[C@@H](O)C3)nc21. The van der Waals surface area contributed by atoms with E-state index in [1.807, 2.05) is 4.57 Å². The van der Waals surface area contributed by atoms with Gasteiger partial charge < -0.3 is 21.5 Å². The zero-order chi connectivity index (χ0) is 25.1. The first-order valence-corrected chi connectivity index (χ1v) is 12.8. The van der Waals surface area contributed by atoms with E-state index < -0.39 is 0 Å². The van der Waals surface area contributed by atoms with Crippen LogP contribution in [0.15, 0.2) is 18.3 Å². The van der Waals surface area contributed by atoms with E-state index in [1.54, 1.807) is 18.3 Å². The number of fused-ring (bicyclic) bond motifs is 1. The van der Waals surface area contributed by atoms with Crippen LogP contribution in [-0.4, -0.2) is 42.7 Å². The monoisotopic (exact) mass is 539 g/mol. The topological polar surface area (TPSA) is 131 Å². The second-order valence-corrected chi connectivity index (χ2v) is 10.1. The van der Waals surface area contributed by atoms with E-state index in [0.717, 1.165) is 25.7 Å². The Morgan fingerprint density at radius 1 is 1.23 bits per heavy atom. The molecule has 0 spiro atoms. The van der Waals surface area contributed by atoms with E-state index >= 15 is 0 Å². The van der Waals surface area contributed by atoms with Crippen molar-refractivity contribution in [2.75, 3.05) is 10.6 Å². The van der Waals surface area contributed by atoms with E-state index in [4.69, 9.17) is 50.5 Å². The average molecular weight is 541 g/mol. The standard InChI is InChI=1S/C23H28Cl3N7O2/c1-2-3-14(5-7-19(27)35)33-21-18(11-28-22(32-21)29-13-4-6-15(34)10-13)30-23(33)31-20-16(25)8-12(24)9-17(20)26/h8-9,11,13-15,34H,2-7,10H2,1H3,(H2,27,35)(H,30,31)(H,28,29,32)/t13-,14-,15-/m1/s1. The van der Waals surface area contributed by atoms with E-state index in [2.05, 4.69) is 22.5 Å². The van der Waals surface area contributed by atoms with Gasteiger partial charge in [-0.25, -0.2) is 9.97 Å². The molecule has 1 fully saturated rings. The lowest BCUT2D eigenvalue weighted by atomic mass is 10.1. The number of benzene rings is 1. The second kappa shape index (κ2) is 11.2. The van der Waals surface area contributed by atoms with Gasteiger partial charge in [0.15, 0.2) is 5.65 Å². The number of anilines is 3. The Balaban J connectivity index is 1.78. The van der Waals surface area contributed by atoms with Crippen molar-refractivity contribution in [3.8, 4) is 0 Å². The van der Waals surface area contributed by atoms with Crippen LogP contribution in [0.5, 0.6) is 0 Å². The molecule has 12 heteroatoms. The highest BCUT2D eigenvalue weighted by atomic mass is 35.5. The number of amides is 1. The zero-order valence-electron chi connectivity index (χ0n) is 19.3. The predicted octanol–water partition coefficient (Wildman–Crippen LogP) is 5.46. The number of aliphatic hydroxyl groups excluding tert-OH is 1. The lowest BCUT2D eigenvalue weighted by Crippen LogP contribution is -2.19. The third kappa shape index (κ3) is 6.09. The third-order valence-corrected chi connectivity index (χ3v) is 6.94. The largest absolute Gasteiger partial charge is 0.393 e.